The van der Waals surface area contributed by atoms with E-state index in [9.17, 15) is 9.59 Å². The van der Waals surface area contributed by atoms with Crippen molar-refractivity contribution >= 4 is 17.5 Å². The van der Waals surface area contributed by atoms with Crippen LogP contribution in [0.5, 0.6) is 0 Å². The molecule has 1 atom stereocenters. The number of nitrogens with zero attached hydrogens (tertiary/aromatic N) is 2. The lowest BCUT2D eigenvalue weighted by atomic mass is 10.1. The second-order valence-electron chi connectivity index (χ2n) is 5.59. The first-order chi connectivity index (χ1) is 11.5. The lowest BCUT2D eigenvalue weighted by molar-refractivity contribution is -0.123. The fraction of sp³-hybridized carbons (Fsp3) is 0.353. The quantitative estimate of drug-likeness (QED) is 0.707. The summed E-state index contributed by atoms with van der Waals surface area (Å²) in [6, 6.07) is 7.16. The summed E-state index contributed by atoms with van der Waals surface area (Å²) in [5.74, 6) is -0.177. The minimum Gasteiger partial charge on any atom is -0.354 e. The van der Waals surface area contributed by atoms with E-state index in [1.54, 1.807) is 17.9 Å². The average molecular weight is 329 g/mol. The number of amides is 2. The highest BCUT2D eigenvalue weighted by molar-refractivity contribution is 5.88. The molecule has 2 aromatic rings. The maximum Gasteiger partial charge on any atom is 0.241 e. The van der Waals surface area contributed by atoms with Gasteiger partial charge in [0.25, 0.3) is 0 Å². The first-order valence-corrected chi connectivity index (χ1v) is 7.79. The van der Waals surface area contributed by atoms with Crippen LogP contribution in [0.4, 0.5) is 5.69 Å². The molecule has 7 nitrogen and oxygen atoms in total. The van der Waals surface area contributed by atoms with Crippen LogP contribution in [0.25, 0.3) is 0 Å². The van der Waals surface area contributed by atoms with Gasteiger partial charge in [0.1, 0.15) is 6.04 Å². The van der Waals surface area contributed by atoms with Crippen LogP contribution in [-0.4, -0.2) is 35.2 Å². The number of likely N-dealkylation sites (N-methyl/N-ethyl adjacent to an activating group) is 1. The van der Waals surface area contributed by atoms with Gasteiger partial charge in [0.15, 0.2) is 0 Å². The van der Waals surface area contributed by atoms with Gasteiger partial charge >= 0.3 is 0 Å². The Hall–Kier alpha value is -2.67. The van der Waals surface area contributed by atoms with Crippen LogP contribution in [-0.2, 0) is 23.1 Å². The molecule has 2 amide bonds. The van der Waals surface area contributed by atoms with E-state index in [4.69, 9.17) is 0 Å². The van der Waals surface area contributed by atoms with Crippen molar-refractivity contribution in [3.8, 4) is 0 Å². The van der Waals surface area contributed by atoms with Gasteiger partial charge in [0, 0.05) is 38.0 Å². The van der Waals surface area contributed by atoms with Gasteiger partial charge in [-0.15, -0.1) is 0 Å². The van der Waals surface area contributed by atoms with Crippen molar-refractivity contribution in [1.82, 2.24) is 20.4 Å². The monoisotopic (exact) mass is 329 g/mol. The van der Waals surface area contributed by atoms with Crippen LogP contribution in [0.2, 0.25) is 0 Å². The van der Waals surface area contributed by atoms with Crippen molar-refractivity contribution in [1.29, 1.82) is 0 Å². The summed E-state index contributed by atoms with van der Waals surface area (Å²) in [6.45, 7) is 2.01. The fourth-order valence-corrected chi connectivity index (χ4v) is 2.43. The molecule has 1 aromatic heterocycles. The average Bonchev–Trinajstić information content (AvgIpc) is 2.95. The second-order valence-corrected chi connectivity index (χ2v) is 5.59. The number of aryl methyl sites for hydroxylation is 1. The molecule has 24 heavy (non-hydrogen) atoms. The smallest absolute Gasteiger partial charge is 0.241 e. The Morgan fingerprint density at radius 3 is 2.50 bits per heavy atom. The molecule has 1 aromatic carbocycles. The van der Waals surface area contributed by atoms with E-state index in [2.05, 4.69) is 21.0 Å². The van der Waals surface area contributed by atoms with E-state index in [0.717, 1.165) is 23.2 Å². The molecule has 0 aliphatic carbocycles. The van der Waals surface area contributed by atoms with E-state index < -0.39 is 6.04 Å². The van der Waals surface area contributed by atoms with E-state index >= 15 is 0 Å². The topological polar surface area (TPSA) is 88.1 Å². The van der Waals surface area contributed by atoms with Gasteiger partial charge in [-0.25, -0.2) is 0 Å². The number of benzene rings is 1. The van der Waals surface area contributed by atoms with Crippen molar-refractivity contribution in [2.75, 3.05) is 18.9 Å². The summed E-state index contributed by atoms with van der Waals surface area (Å²) in [7, 11) is 3.57. The fourth-order valence-electron chi connectivity index (χ4n) is 2.43. The summed E-state index contributed by atoms with van der Waals surface area (Å²) >= 11 is 0. The molecule has 2 rings (SSSR count). The van der Waals surface area contributed by atoms with Crippen molar-refractivity contribution in [2.24, 2.45) is 7.05 Å². The number of rotatable bonds is 7. The zero-order chi connectivity index (χ0) is 17.5. The van der Waals surface area contributed by atoms with Crippen LogP contribution in [0.1, 0.15) is 24.1 Å². The van der Waals surface area contributed by atoms with E-state index in [1.165, 1.54) is 6.92 Å². The number of aromatic nitrogens is 2. The highest BCUT2D eigenvalue weighted by Crippen LogP contribution is 2.12. The maximum atomic E-state index is 12.3. The number of hydrogen-bond donors (Lipinski definition) is 3. The number of hydrogen-bond acceptors (Lipinski definition) is 4. The van der Waals surface area contributed by atoms with Crippen molar-refractivity contribution < 1.29 is 9.59 Å². The van der Waals surface area contributed by atoms with Gasteiger partial charge in [0.2, 0.25) is 11.8 Å². The van der Waals surface area contributed by atoms with Crippen LogP contribution in [0.3, 0.4) is 0 Å². The maximum absolute atomic E-state index is 12.3. The Kier molecular flexibility index (Phi) is 6.08. The second kappa shape index (κ2) is 8.26. The number of carbonyl (C=O) groups excluding carboxylic acids is 2. The molecule has 0 aliphatic heterocycles. The Bertz CT molecular complexity index is 693. The zero-order valence-corrected chi connectivity index (χ0v) is 14.2. The van der Waals surface area contributed by atoms with Gasteiger partial charge in [-0.3, -0.25) is 14.3 Å². The molecule has 128 valence electrons. The summed E-state index contributed by atoms with van der Waals surface area (Å²) < 4.78 is 1.67. The molecule has 0 saturated carbocycles. The molecule has 0 spiro atoms. The minimum atomic E-state index is -0.416. The molecule has 0 aliphatic rings. The summed E-state index contributed by atoms with van der Waals surface area (Å²) in [5.41, 5.74) is 2.69. The predicted molar refractivity (Wildman–Crippen MR) is 92.5 cm³/mol. The standard InChI is InChI=1S/C17H23N5O2/c1-12(23)21-15-6-4-13(5-7-15)8-9-19-17(24)16(18-2)14-10-20-22(3)11-14/h4-7,10-11,16,18H,8-9H2,1-3H3,(H,19,24)(H,21,23). The summed E-state index contributed by atoms with van der Waals surface area (Å²) in [6.07, 6.45) is 4.22. The molecule has 3 N–H and O–H groups in total. The number of nitrogens with one attached hydrogen (secondary N) is 3. The van der Waals surface area contributed by atoms with Crippen molar-refractivity contribution in [3.63, 3.8) is 0 Å². The number of carbonyl (C=O) groups is 2. The first kappa shape index (κ1) is 17.7. The molecule has 0 bridgehead atoms. The van der Waals surface area contributed by atoms with E-state index in [-0.39, 0.29) is 11.8 Å². The Labute approximate surface area is 141 Å². The summed E-state index contributed by atoms with van der Waals surface area (Å²) in [4.78, 5) is 23.3. The molecule has 0 radical (unpaired) electrons. The third kappa shape index (κ3) is 4.92. The third-order valence-electron chi connectivity index (χ3n) is 3.60. The third-order valence-corrected chi connectivity index (χ3v) is 3.60. The molecule has 0 saturated heterocycles. The van der Waals surface area contributed by atoms with Gasteiger partial charge in [-0.2, -0.15) is 5.10 Å². The molecular weight excluding hydrogens is 306 g/mol. The lowest BCUT2D eigenvalue weighted by Crippen LogP contribution is -2.36. The van der Waals surface area contributed by atoms with Crippen LogP contribution in [0, 0.1) is 0 Å². The summed E-state index contributed by atoms with van der Waals surface area (Å²) in [5, 5.41) is 12.7. The molecule has 1 heterocycles. The first-order valence-electron chi connectivity index (χ1n) is 7.79. The Balaban J connectivity index is 1.84. The van der Waals surface area contributed by atoms with Gasteiger partial charge < -0.3 is 16.0 Å². The molecule has 0 fully saturated rings. The van der Waals surface area contributed by atoms with E-state index in [0.29, 0.717) is 6.54 Å². The normalized spacial score (nSPS) is 11.8. The zero-order valence-electron chi connectivity index (χ0n) is 14.2. The van der Waals surface area contributed by atoms with Crippen LogP contribution >= 0.6 is 0 Å². The molecular formula is C17H23N5O2. The van der Waals surface area contributed by atoms with Gasteiger partial charge in [-0.05, 0) is 31.2 Å². The molecule has 7 heteroatoms. The largest absolute Gasteiger partial charge is 0.354 e. The van der Waals surface area contributed by atoms with Crippen LogP contribution < -0.4 is 16.0 Å². The van der Waals surface area contributed by atoms with Crippen molar-refractivity contribution in [3.05, 3.63) is 47.8 Å². The number of anilines is 1. The van der Waals surface area contributed by atoms with Gasteiger partial charge in [-0.1, -0.05) is 12.1 Å². The highest BCUT2D eigenvalue weighted by atomic mass is 16.2. The van der Waals surface area contributed by atoms with Crippen molar-refractivity contribution in [2.45, 2.75) is 19.4 Å². The highest BCUT2D eigenvalue weighted by Gasteiger charge is 2.19. The van der Waals surface area contributed by atoms with E-state index in [1.807, 2.05) is 37.5 Å². The van der Waals surface area contributed by atoms with Gasteiger partial charge in [0.05, 0.1) is 6.20 Å². The lowest BCUT2D eigenvalue weighted by Gasteiger charge is -2.14. The predicted octanol–water partition coefficient (Wildman–Crippen LogP) is 0.998. The Morgan fingerprint density at radius 2 is 1.96 bits per heavy atom. The molecule has 1 unspecified atom stereocenters. The Morgan fingerprint density at radius 1 is 1.25 bits per heavy atom. The minimum absolute atomic E-state index is 0.0830. The van der Waals surface area contributed by atoms with Crippen LogP contribution in [0.15, 0.2) is 36.7 Å². The SMILES string of the molecule is CNC(C(=O)NCCc1ccc(NC(C)=O)cc1)c1cnn(C)c1.